The Morgan fingerprint density at radius 1 is 0.974 bits per heavy atom. The third-order valence-electron chi connectivity index (χ3n) is 6.11. The molecule has 3 aromatic carbocycles. The van der Waals surface area contributed by atoms with Crippen molar-refractivity contribution in [2.24, 2.45) is 0 Å². The zero-order valence-electron chi connectivity index (χ0n) is 21.1. The molecule has 1 fully saturated rings. The van der Waals surface area contributed by atoms with E-state index in [1.165, 1.54) is 43.4 Å². The number of ether oxygens (including phenoxy) is 3. The van der Waals surface area contributed by atoms with Crippen LogP contribution in [0.2, 0.25) is 5.02 Å². The zero-order chi connectivity index (χ0) is 27.4. The minimum atomic E-state index is -0.958. The monoisotopic (exact) mass is 535 g/mol. The van der Waals surface area contributed by atoms with Crippen molar-refractivity contribution in [1.29, 1.82) is 0 Å². The molecule has 0 saturated carbocycles. The summed E-state index contributed by atoms with van der Waals surface area (Å²) < 4.78 is 15.9. The molecule has 1 amide bonds. The number of carbonyl (C=O) groups is 3. The van der Waals surface area contributed by atoms with Gasteiger partial charge in [-0.05, 0) is 42.3 Å². The minimum Gasteiger partial charge on any atom is -0.507 e. The van der Waals surface area contributed by atoms with Crippen LogP contribution in [0.1, 0.15) is 40.9 Å². The quantitative estimate of drug-likeness (QED) is 0.174. The maximum absolute atomic E-state index is 13.4. The van der Waals surface area contributed by atoms with Crippen molar-refractivity contribution in [2.45, 2.75) is 19.4 Å². The second-order valence-electron chi connectivity index (χ2n) is 8.45. The van der Waals surface area contributed by atoms with Gasteiger partial charge in [-0.3, -0.25) is 14.5 Å². The number of esters is 1. The van der Waals surface area contributed by atoms with Gasteiger partial charge in [-0.25, -0.2) is 4.79 Å². The maximum Gasteiger partial charge on any atom is 0.338 e. The van der Waals surface area contributed by atoms with Gasteiger partial charge in [-0.2, -0.15) is 0 Å². The summed E-state index contributed by atoms with van der Waals surface area (Å²) in [5.74, 6) is -2.18. The standard InChI is InChI=1S/C29H26ClNO7/c1-4-14-38-29(35)18-10-12-19(13-11-18)31-25(17-8-6-5-7-9-17)24(27(33)28(31)34)26(32)20-15-23(37-3)21(30)16-22(20)36-2/h5-13,15-16,25,32H,4,14H2,1-3H3/b26-24+. The highest BCUT2D eigenvalue weighted by molar-refractivity contribution is 6.51. The highest BCUT2D eigenvalue weighted by Crippen LogP contribution is 2.44. The van der Waals surface area contributed by atoms with Crippen molar-refractivity contribution < 1.29 is 33.7 Å². The topological polar surface area (TPSA) is 102 Å². The summed E-state index contributed by atoms with van der Waals surface area (Å²) in [5.41, 5.74) is 1.29. The van der Waals surface area contributed by atoms with E-state index in [4.69, 9.17) is 25.8 Å². The van der Waals surface area contributed by atoms with Gasteiger partial charge in [0.1, 0.15) is 17.3 Å². The van der Waals surface area contributed by atoms with Gasteiger partial charge in [0, 0.05) is 11.8 Å². The molecule has 1 saturated heterocycles. The normalized spacial score (nSPS) is 16.4. The molecule has 0 radical (unpaired) electrons. The number of hydrogen-bond donors (Lipinski definition) is 1. The number of carbonyl (C=O) groups excluding carboxylic acids is 3. The molecule has 4 rings (SSSR count). The molecule has 1 N–H and O–H groups in total. The van der Waals surface area contributed by atoms with E-state index in [2.05, 4.69) is 0 Å². The molecule has 0 aromatic heterocycles. The lowest BCUT2D eigenvalue weighted by atomic mass is 9.94. The van der Waals surface area contributed by atoms with E-state index in [-0.39, 0.29) is 27.7 Å². The summed E-state index contributed by atoms with van der Waals surface area (Å²) in [7, 11) is 2.82. The van der Waals surface area contributed by atoms with E-state index in [1.807, 2.05) is 6.92 Å². The number of Topliss-reactive ketones (excluding diaryl/α,β-unsaturated/α-hetero) is 1. The summed E-state index contributed by atoms with van der Waals surface area (Å²) in [6.45, 7) is 2.19. The minimum absolute atomic E-state index is 0.129. The lowest BCUT2D eigenvalue weighted by Gasteiger charge is -2.25. The SMILES string of the molecule is CCCOC(=O)c1ccc(N2C(=O)C(=O)/C(=C(/O)c3cc(OC)c(Cl)cc3OC)C2c2ccccc2)cc1. The van der Waals surface area contributed by atoms with E-state index >= 15 is 0 Å². The van der Waals surface area contributed by atoms with Crippen molar-refractivity contribution in [2.75, 3.05) is 25.7 Å². The molecule has 1 unspecified atom stereocenters. The molecule has 38 heavy (non-hydrogen) atoms. The maximum atomic E-state index is 13.4. The lowest BCUT2D eigenvalue weighted by molar-refractivity contribution is -0.132. The number of aliphatic hydroxyl groups is 1. The molecule has 1 aliphatic heterocycles. The Hall–Kier alpha value is -4.30. The van der Waals surface area contributed by atoms with Crippen LogP contribution in [0.15, 0.2) is 72.3 Å². The fourth-order valence-electron chi connectivity index (χ4n) is 4.28. The molecule has 8 nitrogen and oxygen atoms in total. The first-order valence-corrected chi connectivity index (χ1v) is 12.2. The summed E-state index contributed by atoms with van der Waals surface area (Å²) in [6.07, 6.45) is 0.690. The molecule has 1 heterocycles. The van der Waals surface area contributed by atoms with Crippen LogP contribution in [0.5, 0.6) is 11.5 Å². The van der Waals surface area contributed by atoms with E-state index in [0.717, 1.165) is 0 Å². The molecule has 0 aliphatic carbocycles. The van der Waals surface area contributed by atoms with E-state index in [0.29, 0.717) is 29.8 Å². The third-order valence-corrected chi connectivity index (χ3v) is 6.40. The number of rotatable bonds is 8. The fraction of sp³-hybridized carbons (Fsp3) is 0.207. The second-order valence-corrected chi connectivity index (χ2v) is 8.86. The van der Waals surface area contributed by atoms with Crippen LogP contribution in [0.3, 0.4) is 0 Å². The molecular weight excluding hydrogens is 510 g/mol. The van der Waals surface area contributed by atoms with Crippen LogP contribution < -0.4 is 14.4 Å². The molecule has 9 heteroatoms. The molecule has 196 valence electrons. The predicted octanol–water partition coefficient (Wildman–Crippen LogP) is 5.55. The van der Waals surface area contributed by atoms with Gasteiger partial charge in [0.2, 0.25) is 0 Å². The Labute approximate surface area is 225 Å². The van der Waals surface area contributed by atoms with Crippen molar-refractivity contribution in [3.05, 3.63) is 94.0 Å². The fourth-order valence-corrected chi connectivity index (χ4v) is 4.51. The summed E-state index contributed by atoms with van der Waals surface area (Å²) >= 11 is 6.22. The Kier molecular flexibility index (Phi) is 8.02. The van der Waals surface area contributed by atoms with Gasteiger partial charge >= 0.3 is 5.97 Å². The Balaban J connectivity index is 1.87. The summed E-state index contributed by atoms with van der Waals surface area (Å²) in [5, 5.41) is 11.7. The van der Waals surface area contributed by atoms with Gasteiger partial charge < -0.3 is 19.3 Å². The predicted molar refractivity (Wildman–Crippen MR) is 143 cm³/mol. The average molecular weight is 536 g/mol. The van der Waals surface area contributed by atoms with Crippen molar-refractivity contribution in [3.8, 4) is 11.5 Å². The number of methoxy groups -OCH3 is 2. The lowest BCUT2D eigenvalue weighted by Crippen LogP contribution is -2.29. The third kappa shape index (κ3) is 4.95. The van der Waals surface area contributed by atoms with Crippen LogP contribution in [-0.2, 0) is 14.3 Å². The summed E-state index contributed by atoms with van der Waals surface area (Å²) in [4.78, 5) is 40.4. The number of hydrogen-bond acceptors (Lipinski definition) is 7. The van der Waals surface area contributed by atoms with Crippen molar-refractivity contribution >= 4 is 40.7 Å². The number of amides is 1. The van der Waals surface area contributed by atoms with Crippen LogP contribution in [-0.4, -0.2) is 43.6 Å². The number of benzene rings is 3. The first kappa shape index (κ1) is 26.8. The van der Waals surface area contributed by atoms with Crippen molar-refractivity contribution in [1.82, 2.24) is 0 Å². The number of aliphatic hydroxyl groups excluding tert-OH is 1. The second kappa shape index (κ2) is 11.4. The van der Waals surface area contributed by atoms with Gasteiger partial charge in [-0.1, -0.05) is 48.9 Å². The van der Waals surface area contributed by atoms with E-state index in [9.17, 15) is 19.5 Å². The largest absolute Gasteiger partial charge is 0.507 e. The molecule has 0 spiro atoms. The van der Waals surface area contributed by atoms with Crippen LogP contribution in [0.4, 0.5) is 5.69 Å². The highest BCUT2D eigenvalue weighted by Gasteiger charge is 2.47. The molecule has 3 aromatic rings. The zero-order valence-corrected chi connectivity index (χ0v) is 21.8. The van der Waals surface area contributed by atoms with Crippen LogP contribution in [0.25, 0.3) is 5.76 Å². The molecular formula is C29H26ClNO7. The smallest absolute Gasteiger partial charge is 0.338 e. The molecule has 0 bridgehead atoms. The van der Waals surface area contributed by atoms with Crippen molar-refractivity contribution in [3.63, 3.8) is 0 Å². The van der Waals surface area contributed by atoms with Crippen LogP contribution >= 0.6 is 11.6 Å². The Morgan fingerprint density at radius 2 is 1.63 bits per heavy atom. The Morgan fingerprint density at radius 3 is 2.24 bits per heavy atom. The summed E-state index contributed by atoms with van der Waals surface area (Å²) in [6, 6.07) is 17.0. The number of halogens is 1. The number of ketones is 1. The first-order chi connectivity index (χ1) is 18.3. The van der Waals surface area contributed by atoms with Gasteiger partial charge in [0.15, 0.2) is 0 Å². The number of nitrogens with zero attached hydrogens (tertiary/aromatic N) is 1. The van der Waals surface area contributed by atoms with Gasteiger partial charge in [0.25, 0.3) is 11.7 Å². The van der Waals surface area contributed by atoms with Gasteiger partial charge in [0.05, 0.1) is 48.6 Å². The molecule has 1 aliphatic rings. The van der Waals surface area contributed by atoms with Crippen LogP contribution in [0, 0.1) is 0 Å². The van der Waals surface area contributed by atoms with E-state index < -0.39 is 29.5 Å². The van der Waals surface area contributed by atoms with Gasteiger partial charge in [-0.15, -0.1) is 0 Å². The Bertz CT molecular complexity index is 1400. The average Bonchev–Trinajstić information content (AvgIpc) is 3.21. The highest BCUT2D eigenvalue weighted by atomic mass is 35.5. The number of anilines is 1. The van der Waals surface area contributed by atoms with E-state index in [1.54, 1.807) is 42.5 Å². The molecule has 1 atom stereocenters. The first-order valence-electron chi connectivity index (χ1n) is 11.9.